The molecule has 2 heterocycles. The molecule has 9 nitrogen and oxygen atoms in total. The molecular formula is C27H31N5O4. The van der Waals surface area contributed by atoms with Gasteiger partial charge in [-0.05, 0) is 30.2 Å². The highest BCUT2D eigenvalue weighted by atomic mass is 16.5. The summed E-state index contributed by atoms with van der Waals surface area (Å²) in [6.45, 7) is 2.39. The van der Waals surface area contributed by atoms with Gasteiger partial charge in [-0.3, -0.25) is 14.7 Å². The van der Waals surface area contributed by atoms with Crippen LogP contribution in [0, 0.1) is 5.92 Å². The summed E-state index contributed by atoms with van der Waals surface area (Å²) < 4.78 is 10.9. The predicted octanol–water partition coefficient (Wildman–Crippen LogP) is 3.80. The first kappa shape index (κ1) is 25.0. The van der Waals surface area contributed by atoms with Crippen molar-refractivity contribution >= 4 is 23.9 Å². The molecule has 0 saturated carbocycles. The standard InChI is InChI=1S/C27H31N5O4/c1-4-20-18-25(33)32(30-26(20)21-10-11-22(35-2)23(17-21)36-3)24(16-19-8-6-5-7-9-19)29-27(34)31-14-12-28-13-15-31/h5-14,17,20,24H,4,15-16,18H2,1-3H3,(H,29,34). The first-order chi connectivity index (χ1) is 17.5. The average molecular weight is 490 g/mol. The number of carbonyl (C=O) groups is 2. The second-order valence-corrected chi connectivity index (χ2v) is 8.54. The van der Waals surface area contributed by atoms with Gasteiger partial charge < -0.3 is 14.8 Å². The highest BCUT2D eigenvalue weighted by Crippen LogP contribution is 2.32. The Kier molecular flexibility index (Phi) is 7.99. The number of hydrazone groups is 1. The molecule has 0 spiro atoms. The third-order valence-electron chi connectivity index (χ3n) is 6.29. The number of hydrogen-bond acceptors (Lipinski definition) is 6. The normalized spacial score (nSPS) is 18.0. The van der Waals surface area contributed by atoms with Gasteiger partial charge >= 0.3 is 6.03 Å². The largest absolute Gasteiger partial charge is 0.493 e. The number of nitrogens with one attached hydrogen (secondary N) is 1. The average Bonchev–Trinajstić information content (AvgIpc) is 2.93. The van der Waals surface area contributed by atoms with Gasteiger partial charge in [-0.15, -0.1) is 0 Å². The van der Waals surface area contributed by atoms with Crippen LogP contribution >= 0.6 is 0 Å². The van der Waals surface area contributed by atoms with E-state index in [1.807, 2.05) is 55.5 Å². The summed E-state index contributed by atoms with van der Waals surface area (Å²) in [5, 5.41) is 9.27. The lowest BCUT2D eigenvalue weighted by Crippen LogP contribution is -2.55. The van der Waals surface area contributed by atoms with Gasteiger partial charge in [-0.25, -0.2) is 9.80 Å². The maximum atomic E-state index is 13.3. The maximum Gasteiger partial charge on any atom is 0.323 e. The smallest absolute Gasteiger partial charge is 0.323 e. The van der Waals surface area contributed by atoms with Crippen LogP contribution in [0.2, 0.25) is 0 Å². The third kappa shape index (κ3) is 5.56. The molecule has 2 aliphatic heterocycles. The second kappa shape index (κ2) is 11.5. The van der Waals surface area contributed by atoms with E-state index in [0.29, 0.717) is 30.9 Å². The van der Waals surface area contributed by atoms with Crippen molar-refractivity contribution in [3.05, 3.63) is 72.1 Å². The lowest BCUT2D eigenvalue weighted by molar-refractivity contribution is -0.135. The Hall–Kier alpha value is -4.14. The molecule has 1 N–H and O–H groups in total. The molecule has 2 aliphatic rings. The Balaban J connectivity index is 1.70. The number of aliphatic imine (C=N–C) groups is 1. The molecule has 2 aromatic carbocycles. The van der Waals surface area contributed by atoms with Gasteiger partial charge in [-0.2, -0.15) is 5.10 Å². The van der Waals surface area contributed by atoms with Gasteiger partial charge in [0.05, 0.1) is 26.5 Å². The molecule has 2 unspecified atom stereocenters. The van der Waals surface area contributed by atoms with Crippen LogP contribution in [0.15, 0.2) is 71.0 Å². The van der Waals surface area contributed by atoms with Crippen molar-refractivity contribution in [2.45, 2.75) is 32.4 Å². The number of rotatable bonds is 8. The zero-order valence-electron chi connectivity index (χ0n) is 20.8. The molecule has 0 radical (unpaired) electrons. The van der Waals surface area contributed by atoms with Crippen molar-refractivity contribution in [2.75, 3.05) is 20.8 Å². The van der Waals surface area contributed by atoms with Crippen LogP contribution in [0.5, 0.6) is 11.5 Å². The summed E-state index contributed by atoms with van der Waals surface area (Å²) >= 11 is 0. The number of amides is 3. The van der Waals surface area contributed by atoms with Crippen LogP contribution in [-0.2, 0) is 11.2 Å². The lowest BCUT2D eigenvalue weighted by Gasteiger charge is -2.35. The summed E-state index contributed by atoms with van der Waals surface area (Å²) in [6, 6.07) is 15.0. The lowest BCUT2D eigenvalue weighted by atomic mass is 9.89. The maximum absolute atomic E-state index is 13.3. The number of benzene rings is 2. The van der Waals surface area contributed by atoms with E-state index in [1.165, 1.54) is 9.91 Å². The van der Waals surface area contributed by atoms with Crippen LogP contribution in [0.4, 0.5) is 4.79 Å². The number of nitrogens with zero attached hydrogens (tertiary/aromatic N) is 4. The van der Waals surface area contributed by atoms with E-state index < -0.39 is 6.17 Å². The van der Waals surface area contributed by atoms with E-state index in [9.17, 15) is 9.59 Å². The summed E-state index contributed by atoms with van der Waals surface area (Å²) in [7, 11) is 3.17. The summed E-state index contributed by atoms with van der Waals surface area (Å²) in [5.74, 6) is 1.01. The highest BCUT2D eigenvalue weighted by Gasteiger charge is 2.35. The first-order valence-corrected chi connectivity index (χ1v) is 12.0. The number of methoxy groups -OCH3 is 2. The van der Waals surface area contributed by atoms with Crippen molar-refractivity contribution < 1.29 is 19.1 Å². The second-order valence-electron chi connectivity index (χ2n) is 8.54. The van der Waals surface area contributed by atoms with Gasteiger partial charge in [-0.1, -0.05) is 37.3 Å². The van der Waals surface area contributed by atoms with Gasteiger partial charge in [0.15, 0.2) is 11.5 Å². The molecule has 36 heavy (non-hydrogen) atoms. The van der Waals surface area contributed by atoms with Crippen molar-refractivity contribution in [1.82, 2.24) is 15.2 Å². The van der Waals surface area contributed by atoms with Crippen LogP contribution < -0.4 is 14.8 Å². The van der Waals surface area contributed by atoms with Gasteiger partial charge in [0, 0.05) is 42.9 Å². The summed E-state index contributed by atoms with van der Waals surface area (Å²) in [6.07, 6.45) is 5.59. The zero-order chi connectivity index (χ0) is 25.5. The van der Waals surface area contributed by atoms with Crippen LogP contribution in [0.25, 0.3) is 0 Å². The molecule has 0 aromatic heterocycles. The molecule has 2 atom stereocenters. The Morgan fingerprint density at radius 1 is 1.14 bits per heavy atom. The fraction of sp³-hybridized carbons (Fsp3) is 0.333. The Morgan fingerprint density at radius 2 is 1.92 bits per heavy atom. The first-order valence-electron chi connectivity index (χ1n) is 12.0. The molecule has 0 bridgehead atoms. The Morgan fingerprint density at radius 3 is 2.58 bits per heavy atom. The minimum Gasteiger partial charge on any atom is -0.493 e. The van der Waals surface area contributed by atoms with Crippen molar-refractivity contribution in [3.63, 3.8) is 0 Å². The molecule has 3 amide bonds. The minimum atomic E-state index is -0.674. The molecule has 0 aliphatic carbocycles. The Labute approximate surface area is 211 Å². The summed E-state index contributed by atoms with van der Waals surface area (Å²) in [5.41, 5.74) is 2.60. The monoisotopic (exact) mass is 489 g/mol. The SMILES string of the molecule is CCC1CC(=O)N(C(Cc2ccccc2)NC(=O)N2C=CN=CC2)N=C1c1ccc(OC)c(OC)c1. The molecule has 9 heteroatoms. The van der Waals surface area contributed by atoms with Gasteiger partial charge in [0.2, 0.25) is 5.91 Å². The van der Waals surface area contributed by atoms with E-state index >= 15 is 0 Å². The fourth-order valence-electron chi connectivity index (χ4n) is 4.31. The number of carbonyl (C=O) groups excluding carboxylic acids is 2. The van der Waals surface area contributed by atoms with Crippen molar-refractivity contribution in [2.24, 2.45) is 16.0 Å². The topological polar surface area (TPSA) is 95.8 Å². The Bertz CT molecular complexity index is 1180. The highest BCUT2D eigenvalue weighted by molar-refractivity contribution is 6.06. The molecular weight excluding hydrogens is 458 g/mol. The van der Waals surface area contributed by atoms with E-state index in [1.54, 1.807) is 32.8 Å². The minimum absolute atomic E-state index is 0.0545. The molecule has 0 saturated heterocycles. The molecule has 4 rings (SSSR count). The summed E-state index contributed by atoms with van der Waals surface area (Å²) in [4.78, 5) is 31.9. The number of hydrogen-bond donors (Lipinski definition) is 1. The van der Waals surface area contributed by atoms with E-state index in [2.05, 4.69) is 10.3 Å². The van der Waals surface area contributed by atoms with E-state index in [0.717, 1.165) is 23.3 Å². The van der Waals surface area contributed by atoms with E-state index in [-0.39, 0.29) is 17.9 Å². The number of ether oxygens (including phenoxy) is 2. The molecule has 188 valence electrons. The molecule has 0 fully saturated rings. The third-order valence-corrected chi connectivity index (χ3v) is 6.29. The van der Waals surface area contributed by atoms with Crippen LogP contribution in [0.1, 0.15) is 30.9 Å². The zero-order valence-corrected chi connectivity index (χ0v) is 20.8. The van der Waals surface area contributed by atoms with Gasteiger partial charge in [0.1, 0.15) is 6.17 Å². The van der Waals surface area contributed by atoms with Crippen LogP contribution in [-0.4, -0.2) is 60.7 Å². The van der Waals surface area contributed by atoms with Crippen molar-refractivity contribution in [3.8, 4) is 11.5 Å². The predicted molar refractivity (Wildman–Crippen MR) is 138 cm³/mol. The van der Waals surface area contributed by atoms with Crippen molar-refractivity contribution in [1.29, 1.82) is 0 Å². The number of urea groups is 1. The molecule has 2 aromatic rings. The van der Waals surface area contributed by atoms with Crippen LogP contribution in [0.3, 0.4) is 0 Å². The quantitative estimate of drug-likeness (QED) is 0.610. The van der Waals surface area contributed by atoms with Gasteiger partial charge in [0.25, 0.3) is 0 Å². The van der Waals surface area contributed by atoms with E-state index in [4.69, 9.17) is 14.6 Å². The fourth-order valence-corrected chi connectivity index (χ4v) is 4.31.